The largest absolute Gasteiger partial charge is 0.497 e. The number of rotatable bonds is 5. The molecule has 7 nitrogen and oxygen atoms in total. The lowest BCUT2D eigenvalue weighted by Gasteiger charge is -2.34. The predicted octanol–water partition coefficient (Wildman–Crippen LogP) is 2.80. The molecule has 0 bridgehead atoms. The van der Waals surface area contributed by atoms with Crippen molar-refractivity contribution in [1.29, 1.82) is 0 Å². The molecule has 1 fully saturated rings. The summed E-state index contributed by atoms with van der Waals surface area (Å²) in [4.78, 5) is 35.3. The van der Waals surface area contributed by atoms with Crippen molar-refractivity contribution in [2.24, 2.45) is 0 Å². The summed E-state index contributed by atoms with van der Waals surface area (Å²) in [5.74, 6) is 1.17. The van der Waals surface area contributed by atoms with Gasteiger partial charge in [-0.25, -0.2) is 9.97 Å². The molecular weight excluding hydrogens is 356 g/mol. The number of ether oxygens (including phenoxy) is 1. The highest BCUT2D eigenvalue weighted by Gasteiger charge is 2.28. The molecule has 3 rings (SSSR count). The molecule has 1 aromatic heterocycles. The monoisotopic (exact) mass is 382 g/mol. The first-order valence-electron chi connectivity index (χ1n) is 9.51. The average Bonchev–Trinajstić information content (AvgIpc) is 2.72. The second-order valence-electron chi connectivity index (χ2n) is 6.99. The van der Waals surface area contributed by atoms with Gasteiger partial charge in [0, 0.05) is 26.2 Å². The van der Waals surface area contributed by atoms with Crippen LogP contribution in [0.4, 0.5) is 0 Å². The molecule has 1 saturated heterocycles. The lowest BCUT2D eigenvalue weighted by Crippen LogP contribution is -2.38. The van der Waals surface area contributed by atoms with Crippen molar-refractivity contribution in [3.63, 3.8) is 0 Å². The maximum absolute atomic E-state index is 12.6. The Morgan fingerprint density at radius 1 is 1.32 bits per heavy atom. The van der Waals surface area contributed by atoms with E-state index >= 15 is 0 Å². The van der Waals surface area contributed by atoms with Crippen molar-refractivity contribution >= 4 is 11.8 Å². The predicted molar refractivity (Wildman–Crippen MR) is 105 cm³/mol. The molecule has 28 heavy (non-hydrogen) atoms. The van der Waals surface area contributed by atoms with Gasteiger partial charge in [-0.05, 0) is 43.9 Å². The zero-order chi connectivity index (χ0) is 20.1. The number of nitrogens with one attached hydrogen (secondary N) is 1. The third-order valence-electron chi connectivity index (χ3n) is 5.04. The summed E-state index contributed by atoms with van der Waals surface area (Å²) in [6, 6.07) is 7.44. The van der Waals surface area contributed by atoms with Gasteiger partial charge in [-0.3, -0.25) is 9.59 Å². The van der Waals surface area contributed by atoms with Gasteiger partial charge >= 0.3 is 0 Å². The van der Waals surface area contributed by atoms with Gasteiger partial charge in [0.1, 0.15) is 5.75 Å². The van der Waals surface area contributed by atoms with Crippen molar-refractivity contribution in [2.75, 3.05) is 13.7 Å². The summed E-state index contributed by atoms with van der Waals surface area (Å²) >= 11 is 0. The number of amides is 2. The van der Waals surface area contributed by atoms with Gasteiger partial charge in [0.15, 0.2) is 5.82 Å². The number of aryl methyl sites for hydroxylation is 1. The van der Waals surface area contributed by atoms with E-state index in [9.17, 15) is 9.59 Å². The molecule has 1 unspecified atom stereocenters. The molecule has 7 heteroatoms. The van der Waals surface area contributed by atoms with Crippen LogP contribution >= 0.6 is 0 Å². The van der Waals surface area contributed by atoms with Crippen LogP contribution in [-0.4, -0.2) is 40.3 Å². The van der Waals surface area contributed by atoms with E-state index in [2.05, 4.69) is 15.3 Å². The molecule has 148 valence electrons. The van der Waals surface area contributed by atoms with Crippen LogP contribution in [0.1, 0.15) is 59.7 Å². The average molecular weight is 382 g/mol. The van der Waals surface area contributed by atoms with E-state index in [0.29, 0.717) is 23.6 Å². The lowest BCUT2D eigenvalue weighted by molar-refractivity contribution is -0.132. The second kappa shape index (κ2) is 8.82. The number of piperidine rings is 1. The molecule has 1 N–H and O–H groups in total. The van der Waals surface area contributed by atoms with E-state index < -0.39 is 0 Å². The summed E-state index contributed by atoms with van der Waals surface area (Å²) in [5, 5.41) is 2.89. The van der Waals surface area contributed by atoms with Crippen molar-refractivity contribution in [2.45, 2.75) is 45.7 Å². The Balaban J connectivity index is 1.70. The number of likely N-dealkylation sites (tertiary alicyclic amines) is 1. The summed E-state index contributed by atoms with van der Waals surface area (Å²) in [6.45, 7) is 4.49. The summed E-state index contributed by atoms with van der Waals surface area (Å²) in [6.07, 6.45) is 4.45. The molecule has 1 aliphatic rings. The molecule has 0 spiro atoms. The van der Waals surface area contributed by atoms with Crippen LogP contribution in [-0.2, 0) is 11.3 Å². The number of nitrogens with zero attached hydrogens (tertiary/aromatic N) is 3. The maximum Gasteiger partial charge on any atom is 0.254 e. The fourth-order valence-corrected chi connectivity index (χ4v) is 3.51. The maximum atomic E-state index is 12.6. The Kier molecular flexibility index (Phi) is 6.23. The fraction of sp³-hybridized carbons (Fsp3) is 0.429. The van der Waals surface area contributed by atoms with Gasteiger partial charge in [-0.2, -0.15) is 0 Å². The zero-order valence-corrected chi connectivity index (χ0v) is 16.6. The highest BCUT2D eigenvalue weighted by atomic mass is 16.5. The standard InChI is InChI=1S/C21H26N4O3/c1-14-18(21(27)23-12-16-7-6-8-17(11-16)28-3)13-22-20(24-14)19-9-4-5-10-25(19)15(2)26/h6-8,11,13,19H,4-5,9-10,12H2,1-3H3,(H,23,27). The molecule has 1 aromatic carbocycles. The van der Waals surface area contributed by atoms with Crippen molar-refractivity contribution < 1.29 is 14.3 Å². The summed E-state index contributed by atoms with van der Waals surface area (Å²) in [7, 11) is 1.61. The van der Waals surface area contributed by atoms with Crippen LogP contribution < -0.4 is 10.1 Å². The molecule has 0 aliphatic carbocycles. The van der Waals surface area contributed by atoms with Crippen LogP contribution in [0, 0.1) is 6.92 Å². The van der Waals surface area contributed by atoms with E-state index in [-0.39, 0.29) is 17.9 Å². The quantitative estimate of drug-likeness (QED) is 0.860. The first kappa shape index (κ1) is 19.8. The Hall–Kier alpha value is -2.96. The topological polar surface area (TPSA) is 84.4 Å². The van der Waals surface area contributed by atoms with Gasteiger partial charge in [0.25, 0.3) is 5.91 Å². The zero-order valence-electron chi connectivity index (χ0n) is 16.6. The molecule has 1 aliphatic heterocycles. The molecule has 0 radical (unpaired) electrons. The molecule has 1 atom stereocenters. The fourth-order valence-electron chi connectivity index (χ4n) is 3.51. The smallest absolute Gasteiger partial charge is 0.254 e. The van der Waals surface area contributed by atoms with Gasteiger partial charge in [0.2, 0.25) is 5.91 Å². The Bertz CT molecular complexity index is 868. The first-order chi connectivity index (χ1) is 13.5. The Labute approximate surface area is 165 Å². The highest BCUT2D eigenvalue weighted by molar-refractivity contribution is 5.94. The minimum Gasteiger partial charge on any atom is -0.497 e. The van der Waals surface area contributed by atoms with Crippen molar-refractivity contribution in [1.82, 2.24) is 20.2 Å². The first-order valence-corrected chi connectivity index (χ1v) is 9.51. The van der Waals surface area contributed by atoms with Crippen LogP contribution in [0.5, 0.6) is 5.75 Å². The lowest BCUT2D eigenvalue weighted by atomic mass is 10.0. The number of hydrogen-bond donors (Lipinski definition) is 1. The number of methoxy groups -OCH3 is 1. The van der Waals surface area contributed by atoms with E-state index in [0.717, 1.165) is 37.1 Å². The molecule has 0 saturated carbocycles. The second-order valence-corrected chi connectivity index (χ2v) is 6.99. The molecule has 2 heterocycles. The minimum absolute atomic E-state index is 0.0334. The highest BCUT2D eigenvalue weighted by Crippen LogP contribution is 2.29. The van der Waals surface area contributed by atoms with Gasteiger partial charge in [-0.15, -0.1) is 0 Å². The number of aromatic nitrogens is 2. The third-order valence-corrected chi connectivity index (χ3v) is 5.04. The number of benzene rings is 1. The number of hydrogen-bond acceptors (Lipinski definition) is 5. The number of carbonyl (C=O) groups is 2. The molecule has 2 amide bonds. The summed E-state index contributed by atoms with van der Waals surface area (Å²) < 4.78 is 5.20. The van der Waals surface area contributed by atoms with E-state index in [1.54, 1.807) is 27.2 Å². The Morgan fingerprint density at radius 3 is 2.86 bits per heavy atom. The molecule has 2 aromatic rings. The van der Waals surface area contributed by atoms with Crippen LogP contribution in [0.25, 0.3) is 0 Å². The van der Waals surface area contributed by atoms with E-state index in [4.69, 9.17) is 4.74 Å². The van der Waals surface area contributed by atoms with E-state index in [1.807, 2.05) is 29.2 Å². The van der Waals surface area contributed by atoms with E-state index in [1.165, 1.54) is 0 Å². The van der Waals surface area contributed by atoms with Gasteiger partial charge < -0.3 is 15.0 Å². The van der Waals surface area contributed by atoms with Crippen molar-refractivity contribution in [3.8, 4) is 5.75 Å². The third kappa shape index (κ3) is 4.47. The number of carbonyl (C=O) groups excluding carboxylic acids is 2. The Morgan fingerprint density at radius 2 is 2.14 bits per heavy atom. The summed E-state index contributed by atoms with van der Waals surface area (Å²) in [5.41, 5.74) is 2.00. The normalized spacial score (nSPS) is 16.5. The SMILES string of the molecule is COc1cccc(CNC(=O)c2cnc(C3CCCCN3C(C)=O)nc2C)c1. The van der Waals surface area contributed by atoms with Crippen LogP contribution in [0.3, 0.4) is 0 Å². The van der Waals surface area contributed by atoms with Crippen LogP contribution in [0.15, 0.2) is 30.5 Å². The molecular formula is C21H26N4O3. The van der Waals surface area contributed by atoms with Crippen LogP contribution in [0.2, 0.25) is 0 Å². The van der Waals surface area contributed by atoms with Gasteiger partial charge in [-0.1, -0.05) is 12.1 Å². The van der Waals surface area contributed by atoms with Gasteiger partial charge in [0.05, 0.1) is 24.4 Å². The van der Waals surface area contributed by atoms with Crippen molar-refractivity contribution in [3.05, 3.63) is 53.1 Å². The minimum atomic E-state index is -0.223.